The van der Waals surface area contributed by atoms with E-state index in [-0.39, 0.29) is 11.8 Å². The van der Waals surface area contributed by atoms with Gasteiger partial charge in [-0.15, -0.1) is 11.6 Å². The summed E-state index contributed by atoms with van der Waals surface area (Å²) in [6, 6.07) is 7.43. The number of amides is 1. The maximum absolute atomic E-state index is 12.1. The zero-order valence-corrected chi connectivity index (χ0v) is 11.9. The van der Waals surface area contributed by atoms with Gasteiger partial charge in [0.05, 0.1) is 13.0 Å². The topological polar surface area (TPSA) is 46.6 Å². The van der Waals surface area contributed by atoms with Gasteiger partial charge in [0, 0.05) is 11.6 Å². The lowest BCUT2D eigenvalue weighted by Crippen LogP contribution is -2.74. The molecule has 19 heavy (non-hydrogen) atoms. The number of rotatable bonds is 3. The first-order valence-corrected chi connectivity index (χ1v) is 6.55. The highest BCUT2D eigenvalue weighted by Gasteiger charge is 2.62. The van der Waals surface area contributed by atoms with Gasteiger partial charge in [-0.05, 0) is 26.0 Å². The molecule has 5 heteroatoms. The summed E-state index contributed by atoms with van der Waals surface area (Å²) in [5, 5.41) is 0. The van der Waals surface area contributed by atoms with Gasteiger partial charge in [0.25, 0.3) is 0 Å². The summed E-state index contributed by atoms with van der Waals surface area (Å²) in [5.41, 5.74) is 0.748. The first kappa shape index (κ1) is 13.9. The average Bonchev–Trinajstić information content (AvgIpc) is 2.40. The monoisotopic (exact) mass is 281 g/mol. The van der Waals surface area contributed by atoms with Gasteiger partial charge in [-0.2, -0.15) is 0 Å². The van der Waals surface area contributed by atoms with Gasteiger partial charge in [0.15, 0.2) is 5.54 Å². The first-order valence-electron chi connectivity index (χ1n) is 6.02. The minimum absolute atomic E-state index is 0.104. The van der Waals surface area contributed by atoms with Crippen LogP contribution in [0.2, 0.25) is 0 Å². The molecule has 2 atom stereocenters. The summed E-state index contributed by atoms with van der Waals surface area (Å²) < 4.78 is 4.82. The minimum Gasteiger partial charge on any atom is -0.467 e. The molecule has 1 aliphatic rings. The third kappa shape index (κ3) is 1.91. The van der Waals surface area contributed by atoms with E-state index < -0.39 is 17.4 Å². The molecule has 0 N–H and O–H groups in total. The van der Waals surface area contributed by atoms with Crippen LogP contribution in [0, 0.1) is 12.8 Å². The quantitative estimate of drug-likeness (QED) is 0.484. The third-order valence-electron chi connectivity index (χ3n) is 3.71. The molecule has 1 amide bonds. The van der Waals surface area contributed by atoms with Gasteiger partial charge < -0.3 is 4.74 Å². The molecular formula is C14H16ClNO3. The Kier molecular flexibility index (Phi) is 3.54. The van der Waals surface area contributed by atoms with Crippen LogP contribution < -0.4 is 4.90 Å². The summed E-state index contributed by atoms with van der Waals surface area (Å²) in [6.07, 6.45) is 0. The van der Waals surface area contributed by atoms with Gasteiger partial charge in [-0.25, -0.2) is 4.79 Å². The number of alkyl halides is 1. The first-order chi connectivity index (χ1) is 8.96. The van der Waals surface area contributed by atoms with Crippen molar-refractivity contribution < 1.29 is 14.3 Å². The Balaban J connectivity index is 2.41. The van der Waals surface area contributed by atoms with E-state index in [4.69, 9.17) is 16.3 Å². The molecule has 1 aromatic rings. The Morgan fingerprint density at radius 1 is 1.42 bits per heavy atom. The van der Waals surface area contributed by atoms with E-state index in [2.05, 4.69) is 0 Å². The van der Waals surface area contributed by atoms with Crippen LogP contribution in [0.1, 0.15) is 12.5 Å². The standard InChI is InChI=1S/C14H16ClNO3/c1-9-4-6-10(7-5-9)16-12(17)11(8-15)14(16,2)13(18)19-3/h4-7,11H,8H2,1-3H3. The van der Waals surface area contributed by atoms with E-state index in [0.717, 1.165) is 5.56 Å². The zero-order valence-electron chi connectivity index (χ0n) is 11.1. The van der Waals surface area contributed by atoms with Crippen molar-refractivity contribution in [3.8, 4) is 0 Å². The Morgan fingerprint density at radius 2 is 2.00 bits per heavy atom. The predicted octanol–water partition coefficient (Wildman–Crippen LogP) is 2.13. The summed E-state index contributed by atoms with van der Waals surface area (Å²) in [7, 11) is 1.31. The molecular weight excluding hydrogens is 266 g/mol. The Labute approximate surface area is 117 Å². The number of nitrogens with zero attached hydrogens (tertiary/aromatic N) is 1. The summed E-state index contributed by atoms with van der Waals surface area (Å²) in [6.45, 7) is 3.65. The molecule has 0 aliphatic carbocycles. The number of halogens is 1. The second-order valence-electron chi connectivity index (χ2n) is 4.86. The van der Waals surface area contributed by atoms with Gasteiger partial charge in [-0.3, -0.25) is 9.69 Å². The number of carbonyl (C=O) groups is 2. The van der Waals surface area contributed by atoms with Gasteiger partial charge in [-0.1, -0.05) is 17.7 Å². The number of benzene rings is 1. The summed E-state index contributed by atoms with van der Waals surface area (Å²) >= 11 is 5.81. The molecule has 102 valence electrons. The van der Waals surface area contributed by atoms with Crippen LogP contribution in [0.3, 0.4) is 0 Å². The molecule has 0 spiro atoms. The van der Waals surface area contributed by atoms with Crippen molar-refractivity contribution in [2.75, 3.05) is 17.9 Å². The molecule has 1 aromatic carbocycles. The third-order valence-corrected chi connectivity index (χ3v) is 4.02. The van der Waals surface area contributed by atoms with Gasteiger partial charge in [0.1, 0.15) is 0 Å². The highest BCUT2D eigenvalue weighted by Crippen LogP contribution is 2.43. The van der Waals surface area contributed by atoms with Crippen LogP contribution in [0.5, 0.6) is 0 Å². The number of ether oxygens (including phenoxy) is 1. The van der Waals surface area contributed by atoms with E-state index in [9.17, 15) is 9.59 Å². The van der Waals surface area contributed by atoms with Crippen LogP contribution >= 0.6 is 11.6 Å². The summed E-state index contributed by atoms with van der Waals surface area (Å²) in [5.74, 6) is -1.03. The molecule has 2 rings (SSSR count). The van der Waals surface area contributed by atoms with Gasteiger partial charge >= 0.3 is 5.97 Å². The Morgan fingerprint density at radius 3 is 2.47 bits per heavy atom. The van der Waals surface area contributed by atoms with Crippen molar-refractivity contribution in [2.45, 2.75) is 19.4 Å². The van der Waals surface area contributed by atoms with Crippen LogP contribution in [0.25, 0.3) is 0 Å². The maximum Gasteiger partial charge on any atom is 0.332 e. The molecule has 0 aromatic heterocycles. The van der Waals surface area contributed by atoms with E-state index in [1.54, 1.807) is 6.92 Å². The van der Waals surface area contributed by atoms with Crippen LogP contribution in [-0.4, -0.2) is 30.4 Å². The Bertz CT molecular complexity index is 514. The predicted molar refractivity (Wildman–Crippen MR) is 73.3 cm³/mol. The van der Waals surface area contributed by atoms with E-state index in [1.165, 1.54) is 12.0 Å². The fraction of sp³-hybridized carbons (Fsp3) is 0.429. The highest BCUT2D eigenvalue weighted by molar-refractivity contribution is 6.23. The van der Waals surface area contributed by atoms with Crippen LogP contribution in [-0.2, 0) is 14.3 Å². The van der Waals surface area contributed by atoms with E-state index in [1.807, 2.05) is 31.2 Å². The van der Waals surface area contributed by atoms with Crippen LogP contribution in [0.4, 0.5) is 5.69 Å². The number of hydrogen-bond donors (Lipinski definition) is 0. The second-order valence-corrected chi connectivity index (χ2v) is 5.16. The van der Waals surface area contributed by atoms with Crippen molar-refractivity contribution >= 4 is 29.2 Å². The van der Waals surface area contributed by atoms with Crippen molar-refractivity contribution in [3.05, 3.63) is 29.8 Å². The fourth-order valence-corrected chi connectivity index (χ4v) is 2.89. The molecule has 1 aliphatic heterocycles. The molecule has 1 saturated heterocycles. The molecule has 0 radical (unpaired) electrons. The van der Waals surface area contributed by atoms with Gasteiger partial charge in [0.2, 0.25) is 5.91 Å². The molecule has 4 nitrogen and oxygen atoms in total. The largest absolute Gasteiger partial charge is 0.467 e. The van der Waals surface area contributed by atoms with Crippen molar-refractivity contribution in [1.82, 2.24) is 0 Å². The second kappa shape index (κ2) is 4.85. The van der Waals surface area contributed by atoms with E-state index >= 15 is 0 Å². The fourth-order valence-electron chi connectivity index (χ4n) is 2.46. The molecule has 0 bridgehead atoms. The lowest BCUT2D eigenvalue weighted by atomic mass is 9.75. The highest BCUT2D eigenvalue weighted by atomic mass is 35.5. The smallest absolute Gasteiger partial charge is 0.332 e. The number of carbonyl (C=O) groups excluding carboxylic acids is 2. The molecule has 1 fully saturated rings. The van der Waals surface area contributed by atoms with Crippen molar-refractivity contribution in [3.63, 3.8) is 0 Å². The lowest BCUT2D eigenvalue weighted by molar-refractivity contribution is -0.158. The number of hydrogen-bond acceptors (Lipinski definition) is 3. The summed E-state index contributed by atoms with van der Waals surface area (Å²) in [4.78, 5) is 25.6. The zero-order chi connectivity index (χ0) is 14.2. The number of anilines is 1. The van der Waals surface area contributed by atoms with Crippen LogP contribution in [0.15, 0.2) is 24.3 Å². The minimum atomic E-state index is -1.02. The number of β-lactam (4-membered cyclic amide) rings is 1. The van der Waals surface area contributed by atoms with E-state index in [0.29, 0.717) is 5.69 Å². The normalized spacial score (nSPS) is 26.0. The van der Waals surface area contributed by atoms with Crippen molar-refractivity contribution in [2.24, 2.45) is 5.92 Å². The molecule has 1 heterocycles. The lowest BCUT2D eigenvalue weighted by Gasteiger charge is -2.52. The maximum atomic E-state index is 12.1. The average molecular weight is 282 g/mol. The SMILES string of the molecule is COC(=O)C1(C)C(CCl)C(=O)N1c1ccc(C)cc1. The number of aryl methyl sites for hydroxylation is 1. The van der Waals surface area contributed by atoms with Crippen molar-refractivity contribution in [1.29, 1.82) is 0 Å². The molecule has 0 saturated carbocycles. The number of esters is 1. The molecule has 2 unspecified atom stereocenters. The Hall–Kier alpha value is -1.55. The number of methoxy groups -OCH3 is 1.